The highest BCUT2D eigenvalue weighted by molar-refractivity contribution is 5.79. The largest absolute Gasteiger partial charge is 0.617 e. The Kier molecular flexibility index (Phi) is 6.13. The van der Waals surface area contributed by atoms with Crippen molar-refractivity contribution in [3.8, 4) is 23.2 Å². The number of azo groups is 1. The number of anilines is 2. The maximum absolute atomic E-state index is 13.3. The summed E-state index contributed by atoms with van der Waals surface area (Å²) in [5, 5.41) is 44.4. The van der Waals surface area contributed by atoms with Gasteiger partial charge in [0.1, 0.15) is 6.61 Å². The van der Waals surface area contributed by atoms with Crippen molar-refractivity contribution in [2.75, 3.05) is 11.5 Å². The molecule has 14 nitrogen and oxygen atoms in total. The number of nitriles is 1. The highest BCUT2D eigenvalue weighted by Gasteiger charge is 2.31. The summed E-state index contributed by atoms with van der Waals surface area (Å²) in [6.07, 6.45) is 1.48. The lowest BCUT2D eigenvalue weighted by Crippen LogP contribution is -2.43. The first-order valence-electron chi connectivity index (χ1n) is 12.1. The molecule has 0 aliphatic carbocycles. The Hall–Kier alpha value is -6.36. The van der Waals surface area contributed by atoms with Crippen molar-refractivity contribution in [2.45, 2.75) is 6.61 Å². The molecular weight excluding hydrogens is 526 g/mol. The third-order valence-electron chi connectivity index (χ3n) is 6.18. The van der Waals surface area contributed by atoms with Crippen LogP contribution in [0.4, 0.5) is 23.0 Å². The van der Waals surface area contributed by atoms with Crippen LogP contribution >= 0.6 is 0 Å². The summed E-state index contributed by atoms with van der Waals surface area (Å²) in [7, 11) is 0. The van der Waals surface area contributed by atoms with Crippen LogP contribution in [-0.2, 0) is 6.61 Å². The van der Waals surface area contributed by atoms with Crippen molar-refractivity contribution in [3.63, 3.8) is 0 Å². The summed E-state index contributed by atoms with van der Waals surface area (Å²) in [5.41, 5.74) is 14.5. The first-order chi connectivity index (χ1) is 19.9. The molecule has 0 radical (unpaired) electrons. The maximum Gasteiger partial charge on any atom is 0.369 e. The van der Waals surface area contributed by atoms with Gasteiger partial charge in [-0.1, -0.05) is 24.3 Å². The molecule has 0 spiro atoms. The maximum atomic E-state index is 13.3. The molecule has 0 bridgehead atoms. The molecule has 0 aliphatic rings. The van der Waals surface area contributed by atoms with Crippen LogP contribution in [0.2, 0.25) is 0 Å². The number of nitrogens with zero attached hydrogens (tertiary/aromatic N) is 8. The molecule has 41 heavy (non-hydrogen) atoms. The van der Waals surface area contributed by atoms with Crippen LogP contribution < -0.4 is 25.7 Å². The van der Waals surface area contributed by atoms with Crippen molar-refractivity contribution in [1.29, 1.82) is 5.26 Å². The normalized spacial score (nSPS) is 11.3. The minimum absolute atomic E-state index is 0.0558. The average Bonchev–Trinajstić information content (AvgIpc) is 3.46. The number of nitrogen functional groups attached to an aromatic ring is 2. The SMILES string of the molecule is N#Cc1c(-c2cc(/N=N/c3cccc(COc4nc(N)nc5[nH]cnc45)c3)ccc2N)[n+]([O-])c2ccccc2[n+]1[O-]. The second kappa shape index (κ2) is 10.1. The predicted molar refractivity (Wildman–Crippen MR) is 147 cm³/mol. The van der Waals surface area contributed by atoms with Crippen LogP contribution in [-0.4, -0.2) is 19.9 Å². The number of hydrogen-bond donors (Lipinski definition) is 3. The zero-order chi connectivity index (χ0) is 28.5. The number of hydrogen-bond acceptors (Lipinski definition) is 11. The molecule has 6 rings (SSSR count). The first-order valence-corrected chi connectivity index (χ1v) is 12.1. The standard InChI is InChI=1S/C27H19N11O3/c28-12-22-24(38(40)21-7-2-1-6-20(21)37(22)39)18-11-17(8-9-19(18)29)36-35-16-5-3-4-15(10-16)13-41-26-23-25(32-14-31-23)33-27(30)34-26/h1-11,14H,13,29H2,(H3,30,31,32,33,34)/b36-35+. The van der Waals surface area contributed by atoms with Crippen molar-refractivity contribution in [3.05, 3.63) is 94.7 Å². The first kappa shape index (κ1) is 24.9. The summed E-state index contributed by atoms with van der Waals surface area (Å²) >= 11 is 0. The van der Waals surface area contributed by atoms with Gasteiger partial charge in [0.15, 0.2) is 17.2 Å². The molecule has 0 amide bonds. The second-order valence-corrected chi connectivity index (χ2v) is 8.80. The van der Waals surface area contributed by atoms with Gasteiger partial charge >= 0.3 is 11.4 Å². The smallest absolute Gasteiger partial charge is 0.369 e. The zero-order valence-electron chi connectivity index (χ0n) is 21.1. The number of ether oxygens (including phenoxy) is 1. The fraction of sp³-hybridized carbons (Fsp3) is 0.0370. The van der Waals surface area contributed by atoms with E-state index >= 15 is 0 Å². The Morgan fingerprint density at radius 2 is 1.68 bits per heavy atom. The highest BCUT2D eigenvalue weighted by Crippen LogP contribution is 2.31. The average molecular weight is 546 g/mol. The molecule has 3 aromatic carbocycles. The molecule has 0 atom stereocenters. The Morgan fingerprint density at radius 3 is 2.46 bits per heavy atom. The number of nitrogens with one attached hydrogen (secondary N) is 1. The van der Waals surface area contributed by atoms with E-state index in [1.165, 1.54) is 30.6 Å². The van der Waals surface area contributed by atoms with Crippen molar-refractivity contribution in [1.82, 2.24) is 19.9 Å². The molecule has 14 heteroatoms. The zero-order valence-corrected chi connectivity index (χ0v) is 21.1. The van der Waals surface area contributed by atoms with Crippen LogP contribution in [0.5, 0.6) is 5.88 Å². The lowest BCUT2D eigenvalue weighted by molar-refractivity contribution is -0.622. The molecule has 200 valence electrons. The van der Waals surface area contributed by atoms with Crippen LogP contribution in [0.3, 0.4) is 0 Å². The fourth-order valence-electron chi connectivity index (χ4n) is 4.29. The van der Waals surface area contributed by atoms with E-state index in [2.05, 4.69) is 30.2 Å². The molecule has 5 N–H and O–H groups in total. The van der Waals surface area contributed by atoms with Gasteiger partial charge in [0.2, 0.25) is 11.8 Å². The van der Waals surface area contributed by atoms with Crippen LogP contribution in [0.15, 0.2) is 83.3 Å². The minimum Gasteiger partial charge on any atom is -0.617 e. The summed E-state index contributed by atoms with van der Waals surface area (Å²) in [6.45, 7) is 0.158. The summed E-state index contributed by atoms with van der Waals surface area (Å²) in [5.74, 6) is 0.302. The van der Waals surface area contributed by atoms with E-state index in [0.717, 1.165) is 5.56 Å². The van der Waals surface area contributed by atoms with Crippen molar-refractivity contribution in [2.24, 2.45) is 10.2 Å². The Morgan fingerprint density at radius 1 is 0.927 bits per heavy atom. The molecule has 3 heterocycles. The quantitative estimate of drug-likeness (QED) is 0.120. The van der Waals surface area contributed by atoms with Crippen LogP contribution in [0.25, 0.3) is 33.5 Å². The minimum atomic E-state index is -0.384. The third kappa shape index (κ3) is 4.59. The van der Waals surface area contributed by atoms with Gasteiger partial charge in [-0.15, -0.1) is 4.73 Å². The monoisotopic (exact) mass is 545 g/mol. The van der Waals surface area contributed by atoms with Gasteiger partial charge in [0.25, 0.3) is 11.0 Å². The number of imidazole rings is 1. The number of para-hydroxylation sites is 2. The molecule has 0 saturated carbocycles. The van der Waals surface area contributed by atoms with E-state index in [0.29, 0.717) is 32.0 Å². The fourth-order valence-corrected chi connectivity index (χ4v) is 4.29. The molecular formula is C27H19N11O3. The molecule has 0 saturated heterocycles. The number of rotatable bonds is 6. The van der Waals surface area contributed by atoms with E-state index in [9.17, 15) is 15.7 Å². The molecule has 0 fully saturated rings. The van der Waals surface area contributed by atoms with E-state index in [1.807, 2.05) is 12.1 Å². The number of aromatic nitrogens is 6. The lowest BCUT2D eigenvalue weighted by atomic mass is 10.1. The number of nitrogens with two attached hydrogens (primary N) is 2. The lowest BCUT2D eigenvalue weighted by Gasteiger charge is -2.11. The van der Waals surface area contributed by atoms with Gasteiger partial charge in [-0.3, -0.25) is 0 Å². The number of fused-ring (bicyclic) bond motifs is 2. The van der Waals surface area contributed by atoms with Gasteiger partial charge in [-0.25, -0.2) is 4.98 Å². The van der Waals surface area contributed by atoms with Crippen molar-refractivity contribution < 1.29 is 14.2 Å². The number of benzene rings is 3. The van der Waals surface area contributed by atoms with Gasteiger partial charge in [0, 0.05) is 17.8 Å². The summed E-state index contributed by atoms with van der Waals surface area (Å²) in [4.78, 5) is 15.2. The Balaban J connectivity index is 1.29. The molecule has 6 aromatic rings. The Bertz CT molecular complexity index is 2030. The highest BCUT2D eigenvalue weighted by atomic mass is 16.5. The van der Waals surface area contributed by atoms with E-state index < -0.39 is 0 Å². The summed E-state index contributed by atoms with van der Waals surface area (Å²) < 4.78 is 6.78. The van der Waals surface area contributed by atoms with Crippen molar-refractivity contribution >= 4 is 45.2 Å². The topological polar surface area (TPSA) is 218 Å². The summed E-state index contributed by atoms with van der Waals surface area (Å²) in [6, 6.07) is 19.8. The van der Waals surface area contributed by atoms with Gasteiger partial charge in [0.05, 0.1) is 23.3 Å². The van der Waals surface area contributed by atoms with Crippen LogP contribution in [0.1, 0.15) is 11.3 Å². The second-order valence-electron chi connectivity index (χ2n) is 8.80. The van der Waals surface area contributed by atoms with Crippen LogP contribution in [0, 0.1) is 21.7 Å². The number of aromatic amines is 1. The third-order valence-corrected chi connectivity index (χ3v) is 6.18. The van der Waals surface area contributed by atoms with Gasteiger partial charge in [-0.2, -0.15) is 30.2 Å². The van der Waals surface area contributed by atoms with Gasteiger partial charge in [-0.05, 0) is 35.9 Å². The Labute approximate surface area is 231 Å². The predicted octanol–water partition coefficient (Wildman–Crippen LogP) is 3.47. The van der Waals surface area contributed by atoms with E-state index in [-0.39, 0.29) is 52.1 Å². The molecule has 0 aliphatic heterocycles. The van der Waals surface area contributed by atoms with E-state index in [4.69, 9.17) is 16.2 Å². The van der Waals surface area contributed by atoms with E-state index in [1.54, 1.807) is 36.4 Å². The van der Waals surface area contributed by atoms with Gasteiger partial charge < -0.3 is 31.6 Å². The molecule has 0 unspecified atom stereocenters. The number of H-pyrrole nitrogens is 1. The molecule has 3 aromatic heterocycles.